The van der Waals surface area contributed by atoms with Gasteiger partial charge in [-0.25, -0.2) is 0 Å². The molecule has 1 aromatic rings. The topological polar surface area (TPSA) is 35.5 Å². The summed E-state index contributed by atoms with van der Waals surface area (Å²) in [6, 6.07) is 10.3. The Morgan fingerprint density at radius 1 is 1.17 bits per heavy atom. The van der Waals surface area contributed by atoms with E-state index in [1.807, 2.05) is 45.9 Å². The van der Waals surface area contributed by atoms with E-state index in [0.29, 0.717) is 0 Å². The van der Waals surface area contributed by atoms with E-state index in [4.69, 9.17) is 9.47 Å². The third-order valence-electron chi connectivity index (χ3n) is 4.58. The number of rotatable bonds is 5. The highest BCUT2D eigenvalue weighted by molar-refractivity contribution is 5.75. The molecule has 1 saturated heterocycles. The first-order chi connectivity index (χ1) is 10.8. The molecule has 2 rings (SSSR count). The standard InChI is InChI=1S/C20H30O3/c1-6-7-13-16(15-11-9-8-10-12-15)17-14(2)22-19(20(3,4)5)23-18(17)21/h8-12,14,16-17,19H,6-7,13H2,1-5H3/t14-,16-,17+,19-/m1/s1. The summed E-state index contributed by atoms with van der Waals surface area (Å²) in [6.45, 7) is 10.3. The molecule has 3 heteroatoms. The molecule has 0 aromatic heterocycles. The molecule has 0 unspecified atom stereocenters. The van der Waals surface area contributed by atoms with E-state index in [1.165, 1.54) is 5.56 Å². The van der Waals surface area contributed by atoms with Crippen LogP contribution in [0.15, 0.2) is 30.3 Å². The number of hydrogen-bond donors (Lipinski definition) is 0. The number of cyclic esters (lactones) is 1. The SMILES string of the molecule is CCCC[C@H](c1ccccc1)[C@H]1C(=O)O[C@H](C(C)(C)C)O[C@@H]1C. The van der Waals surface area contributed by atoms with Crippen LogP contribution in [0.4, 0.5) is 0 Å². The van der Waals surface area contributed by atoms with Crippen molar-refractivity contribution in [3.8, 4) is 0 Å². The molecule has 1 heterocycles. The number of hydrogen-bond acceptors (Lipinski definition) is 3. The Hall–Kier alpha value is -1.35. The molecule has 4 atom stereocenters. The highest BCUT2D eigenvalue weighted by atomic mass is 16.7. The van der Waals surface area contributed by atoms with Gasteiger partial charge in [-0.2, -0.15) is 0 Å². The van der Waals surface area contributed by atoms with Gasteiger partial charge in [0, 0.05) is 5.41 Å². The molecule has 1 aromatic carbocycles. The van der Waals surface area contributed by atoms with E-state index in [9.17, 15) is 4.79 Å². The lowest BCUT2D eigenvalue weighted by atomic mass is 9.79. The second-order valence-corrected chi connectivity index (χ2v) is 7.66. The maximum atomic E-state index is 12.7. The first-order valence-electron chi connectivity index (χ1n) is 8.75. The number of carbonyl (C=O) groups excluding carboxylic acids is 1. The second-order valence-electron chi connectivity index (χ2n) is 7.66. The minimum atomic E-state index is -0.469. The summed E-state index contributed by atoms with van der Waals surface area (Å²) in [5.41, 5.74) is 0.994. The highest BCUT2D eigenvalue weighted by Gasteiger charge is 2.45. The maximum absolute atomic E-state index is 12.7. The Morgan fingerprint density at radius 3 is 2.35 bits per heavy atom. The van der Waals surface area contributed by atoms with Gasteiger partial charge >= 0.3 is 5.97 Å². The second kappa shape index (κ2) is 7.48. The quantitative estimate of drug-likeness (QED) is 0.724. The van der Waals surface area contributed by atoms with Crippen molar-refractivity contribution < 1.29 is 14.3 Å². The van der Waals surface area contributed by atoms with Crippen molar-refractivity contribution in [2.75, 3.05) is 0 Å². The Bertz CT molecular complexity index is 503. The average molecular weight is 318 g/mol. The van der Waals surface area contributed by atoms with Crippen LogP contribution >= 0.6 is 0 Å². The van der Waals surface area contributed by atoms with E-state index < -0.39 is 6.29 Å². The molecule has 0 spiro atoms. The average Bonchev–Trinajstić information content (AvgIpc) is 2.49. The van der Waals surface area contributed by atoms with E-state index >= 15 is 0 Å². The number of ether oxygens (including phenoxy) is 2. The fraction of sp³-hybridized carbons (Fsp3) is 0.650. The van der Waals surface area contributed by atoms with Crippen molar-refractivity contribution in [1.29, 1.82) is 0 Å². The van der Waals surface area contributed by atoms with E-state index in [1.54, 1.807) is 0 Å². The van der Waals surface area contributed by atoms with Gasteiger partial charge in [-0.3, -0.25) is 4.79 Å². The molecule has 0 aliphatic carbocycles. The van der Waals surface area contributed by atoms with Crippen molar-refractivity contribution in [2.45, 2.75) is 72.2 Å². The monoisotopic (exact) mass is 318 g/mol. The summed E-state index contributed by atoms with van der Waals surface area (Å²) in [7, 11) is 0. The molecular weight excluding hydrogens is 288 g/mol. The van der Waals surface area contributed by atoms with Gasteiger partial charge in [0.15, 0.2) is 0 Å². The molecule has 3 nitrogen and oxygen atoms in total. The van der Waals surface area contributed by atoms with Crippen LogP contribution in [-0.2, 0) is 14.3 Å². The minimum absolute atomic E-state index is 0.117. The molecule has 1 aliphatic heterocycles. The van der Waals surface area contributed by atoms with Gasteiger partial charge in [0.25, 0.3) is 0 Å². The fourth-order valence-corrected chi connectivity index (χ4v) is 3.23. The zero-order valence-electron chi connectivity index (χ0n) is 15.0. The Balaban J connectivity index is 2.23. The van der Waals surface area contributed by atoms with Gasteiger partial charge in [-0.1, -0.05) is 70.9 Å². The smallest absolute Gasteiger partial charge is 0.314 e. The molecule has 0 amide bonds. The van der Waals surface area contributed by atoms with E-state index in [-0.39, 0.29) is 29.3 Å². The molecular formula is C20H30O3. The zero-order valence-corrected chi connectivity index (χ0v) is 15.0. The van der Waals surface area contributed by atoms with Crippen molar-refractivity contribution in [2.24, 2.45) is 11.3 Å². The predicted molar refractivity (Wildman–Crippen MR) is 92.1 cm³/mol. The van der Waals surface area contributed by atoms with Gasteiger partial charge in [0.1, 0.15) is 0 Å². The normalized spacial score (nSPS) is 26.7. The van der Waals surface area contributed by atoms with Gasteiger partial charge in [-0.05, 0) is 24.8 Å². The summed E-state index contributed by atoms with van der Waals surface area (Å²) in [5, 5.41) is 0. The first kappa shape index (κ1) is 18.0. The van der Waals surface area contributed by atoms with Crippen LogP contribution in [0.25, 0.3) is 0 Å². The van der Waals surface area contributed by atoms with E-state index in [0.717, 1.165) is 19.3 Å². The van der Waals surface area contributed by atoms with Gasteiger partial charge in [0.2, 0.25) is 6.29 Å². The molecule has 1 fully saturated rings. The van der Waals surface area contributed by atoms with Crippen molar-refractivity contribution in [1.82, 2.24) is 0 Å². The highest BCUT2D eigenvalue weighted by Crippen LogP contribution is 2.39. The minimum Gasteiger partial charge on any atom is -0.435 e. The third kappa shape index (κ3) is 4.35. The maximum Gasteiger partial charge on any atom is 0.314 e. The van der Waals surface area contributed by atoms with Crippen molar-refractivity contribution in [3.05, 3.63) is 35.9 Å². The van der Waals surface area contributed by atoms with Crippen LogP contribution in [0.1, 0.15) is 65.4 Å². The summed E-state index contributed by atoms with van der Waals surface area (Å²) in [6.07, 6.45) is 2.59. The summed E-state index contributed by atoms with van der Waals surface area (Å²) in [5.74, 6) is -0.198. The first-order valence-corrected chi connectivity index (χ1v) is 8.75. The van der Waals surface area contributed by atoms with Crippen LogP contribution in [0.3, 0.4) is 0 Å². The Kier molecular flexibility index (Phi) is 5.85. The summed E-state index contributed by atoms with van der Waals surface area (Å²) in [4.78, 5) is 12.7. The van der Waals surface area contributed by atoms with Crippen molar-refractivity contribution in [3.63, 3.8) is 0 Å². The van der Waals surface area contributed by atoms with Crippen LogP contribution in [0, 0.1) is 11.3 Å². The van der Waals surface area contributed by atoms with Crippen LogP contribution in [-0.4, -0.2) is 18.4 Å². The molecule has 0 radical (unpaired) electrons. The summed E-state index contributed by atoms with van der Waals surface area (Å²) < 4.78 is 11.7. The van der Waals surface area contributed by atoms with Crippen LogP contribution < -0.4 is 0 Å². The van der Waals surface area contributed by atoms with Gasteiger partial charge in [0.05, 0.1) is 12.0 Å². The summed E-state index contributed by atoms with van der Waals surface area (Å²) >= 11 is 0. The van der Waals surface area contributed by atoms with E-state index in [2.05, 4.69) is 19.1 Å². The molecule has 0 N–H and O–H groups in total. The lowest BCUT2D eigenvalue weighted by molar-refractivity contribution is -0.256. The molecule has 23 heavy (non-hydrogen) atoms. The van der Waals surface area contributed by atoms with Gasteiger partial charge < -0.3 is 9.47 Å². The molecule has 0 bridgehead atoms. The zero-order chi connectivity index (χ0) is 17.0. The number of esters is 1. The Labute approximate surface area is 140 Å². The fourth-order valence-electron chi connectivity index (χ4n) is 3.23. The van der Waals surface area contributed by atoms with Gasteiger partial charge in [-0.15, -0.1) is 0 Å². The number of benzene rings is 1. The molecule has 1 aliphatic rings. The lowest BCUT2D eigenvalue weighted by Crippen LogP contribution is -2.49. The molecule has 128 valence electrons. The third-order valence-corrected chi connectivity index (χ3v) is 4.58. The predicted octanol–water partition coefficient (Wildman–Crippen LogP) is 4.91. The number of unbranched alkanes of at least 4 members (excludes halogenated alkanes) is 1. The number of carbonyl (C=O) groups is 1. The van der Waals surface area contributed by atoms with Crippen molar-refractivity contribution >= 4 is 5.97 Å². The van der Waals surface area contributed by atoms with Crippen LogP contribution in [0.5, 0.6) is 0 Å². The molecule has 0 saturated carbocycles. The largest absolute Gasteiger partial charge is 0.435 e. The lowest BCUT2D eigenvalue weighted by Gasteiger charge is -2.42. The Morgan fingerprint density at radius 2 is 1.83 bits per heavy atom. The van der Waals surface area contributed by atoms with Crippen LogP contribution in [0.2, 0.25) is 0 Å².